The molecular formula is C20H20BrN3O2. The first-order valence-electron chi connectivity index (χ1n) is 8.36. The minimum absolute atomic E-state index is 0.174. The van der Waals surface area contributed by atoms with E-state index in [1.807, 2.05) is 69.3 Å². The van der Waals surface area contributed by atoms with Gasteiger partial charge in [0.1, 0.15) is 5.75 Å². The number of hydrogen-bond donors (Lipinski definition) is 1. The van der Waals surface area contributed by atoms with Crippen LogP contribution in [0.4, 0.5) is 5.69 Å². The lowest BCUT2D eigenvalue weighted by molar-refractivity contribution is 0.102. The number of aromatic nitrogens is 2. The number of amides is 1. The predicted molar refractivity (Wildman–Crippen MR) is 106 cm³/mol. The summed E-state index contributed by atoms with van der Waals surface area (Å²) in [6, 6.07) is 15.1. The Hall–Kier alpha value is -2.60. The second kappa shape index (κ2) is 7.74. The van der Waals surface area contributed by atoms with E-state index in [0.29, 0.717) is 23.6 Å². The third-order valence-electron chi connectivity index (χ3n) is 4.01. The number of ether oxygens (including phenoxy) is 1. The third kappa shape index (κ3) is 3.80. The second-order valence-electron chi connectivity index (χ2n) is 5.85. The molecular weight excluding hydrogens is 394 g/mol. The molecule has 1 heterocycles. The van der Waals surface area contributed by atoms with Crippen LogP contribution in [0.2, 0.25) is 0 Å². The van der Waals surface area contributed by atoms with E-state index < -0.39 is 0 Å². The largest absolute Gasteiger partial charge is 0.494 e. The molecule has 1 amide bonds. The van der Waals surface area contributed by atoms with Crippen molar-refractivity contribution in [2.75, 3.05) is 11.9 Å². The lowest BCUT2D eigenvalue weighted by atomic mass is 10.1. The lowest BCUT2D eigenvalue weighted by Crippen LogP contribution is -2.14. The third-order valence-corrected chi connectivity index (χ3v) is 4.54. The van der Waals surface area contributed by atoms with Crippen molar-refractivity contribution in [3.05, 3.63) is 70.0 Å². The van der Waals surface area contributed by atoms with Crippen molar-refractivity contribution in [2.45, 2.75) is 20.8 Å². The standard InChI is InChI=1S/C20H20BrN3O2/c1-4-26-18-11-7-16(8-12-18)22-20(25)19-13(2)23-24(14(19)3)17-9-5-15(21)6-10-17/h5-12H,4H2,1-3H3,(H,22,25). The Morgan fingerprint density at radius 1 is 1.12 bits per heavy atom. The monoisotopic (exact) mass is 413 g/mol. The molecule has 0 saturated carbocycles. The first-order chi connectivity index (χ1) is 12.5. The molecule has 134 valence electrons. The molecule has 6 heteroatoms. The van der Waals surface area contributed by atoms with Crippen LogP contribution in [0.15, 0.2) is 53.0 Å². The number of carbonyl (C=O) groups excluding carboxylic acids is 1. The Morgan fingerprint density at radius 2 is 1.77 bits per heavy atom. The quantitative estimate of drug-likeness (QED) is 0.646. The number of hydrogen-bond acceptors (Lipinski definition) is 3. The molecule has 26 heavy (non-hydrogen) atoms. The van der Waals surface area contributed by atoms with Gasteiger partial charge in [-0.15, -0.1) is 0 Å². The van der Waals surface area contributed by atoms with Crippen LogP contribution in [0, 0.1) is 13.8 Å². The van der Waals surface area contributed by atoms with Gasteiger partial charge in [-0.25, -0.2) is 4.68 Å². The van der Waals surface area contributed by atoms with E-state index in [-0.39, 0.29) is 5.91 Å². The highest BCUT2D eigenvalue weighted by atomic mass is 79.9. The van der Waals surface area contributed by atoms with Gasteiger partial charge in [-0.2, -0.15) is 5.10 Å². The van der Waals surface area contributed by atoms with E-state index >= 15 is 0 Å². The summed E-state index contributed by atoms with van der Waals surface area (Å²) in [5.74, 6) is 0.605. The highest BCUT2D eigenvalue weighted by molar-refractivity contribution is 9.10. The fourth-order valence-corrected chi connectivity index (χ4v) is 3.06. The smallest absolute Gasteiger partial charge is 0.259 e. The van der Waals surface area contributed by atoms with Gasteiger partial charge in [0, 0.05) is 10.2 Å². The zero-order valence-electron chi connectivity index (χ0n) is 14.9. The molecule has 0 unspecified atom stereocenters. The molecule has 0 aliphatic carbocycles. The number of rotatable bonds is 5. The lowest BCUT2D eigenvalue weighted by Gasteiger charge is -2.08. The Morgan fingerprint density at radius 3 is 2.38 bits per heavy atom. The number of nitrogens with one attached hydrogen (secondary N) is 1. The molecule has 0 aliphatic rings. The molecule has 0 aliphatic heterocycles. The van der Waals surface area contributed by atoms with Crippen molar-refractivity contribution in [3.8, 4) is 11.4 Å². The van der Waals surface area contributed by atoms with Crippen molar-refractivity contribution >= 4 is 27.5 Å². The van der Waals surface area contributed by atoms with E-state index in [1.54, 1.807) is 4.68 Å². The van der Waals surface area contributed by atoms with Gasteiger partial charge >= 0.3 is 0 Å². The summed E-state index contributed by atoms with van der Waals surface area (Å²) in [5.41, 5.74) is 3.70. The first kappa shape index (κ1) is 18.2. The summed E-state index contributed by atoms with van der Waals surface area (Å²) in [4.78, 5) is 12.8. The molecule has 0 atom stereocenters. The maximum absolute atomic E-state index is 12.8. The van der Waals surface area contributed by atoms with Gasteiger partial charge in [-0.1, -0.05) is 15.9 Å². The van der Waals surface area contributed by atoms with Crippen LogP contribution >= 0.6 is 15.9 Å². The Kier molecular flexibility index (Phi) is 5.42. The number of nitrogens with zero attached hydrogens (tertiary/aromatic N) is 2. The average Bonchev–Trinajstić information content (AvgIpc) is 2.92. The van der Waals surface area contributed by atoms with Gasteiger partial charge in [-0.3, -0.25) is 4.79 Å². The van der Waals surface area contributed by atoms with E-state index in [2.05, 4.69) is 26.3 Å². The highest BCUT2D eigenvalue weighted by Crippen LogP contribution is 2.22. The van der Waals surface area contributed by atoms with Crippen LogP contribution in [0.25, 0.3) is 5.69 Å². The van der Waals surface area contributed by atoms with Gasteiger partial charge in [0.05, 0.1) is 29.2 Å². The molecule has 2 aromatic carbocycles. The molecule has 0 radical (unpaired) electrons. The minimum atomic E-state index is -0.174. The fraction of sp³-hybridized carbons (Fsp3) is 0.200. The van der Waals surface area contributed by atoms with Gasteiger partial charge in [0.2, 0.25) is 0 Å². The van der Waals surface area contributed by atoms with Gasteiger partial charge in [0.15, 0.2) is 0 Å². The van der Waals surface area contributed by atoms with E-state index in [0.717, 1.165) is 21.6 Å². The van der Waals surface area contributed by atoms with E-state index in [9.17, 15) is 4.79 Å². The van der Waals surface area contributed by atoms with E-state index in [4.69, 9.17) is 4.74 Å². The van der Waals surface area contributed by atoms with Crippen molar-refractivity contribution in [1.29, 1.82) is 0 Å². The molecule has 0 bridgehead atoms. The average molecular weight is 414 g/mol. The SMILES string of the molecule is CCOc1ccc(NC(=O)c2c(C)nn(-c3ccc(Br)cc3)c2C)cc1. The Labute approximate surface area is 161 Å². The maximum Gasteiger partial charge on any atom is 0.259 e. The molecule has 0 saturated heterocycles. The number of benzene rings is 2. The molecule has 0 fully saturated rings. The zero-order valence-corrected chi connectivity index (χ0v) is 16.5. The van der Waals surface area contributed by atoms with Crippen LogP contribution in [-0.2, 0) is 0 Å². The number of anilines is 1. The number of carbonyl (C=O) groups is 1. The summed E-state index contributed by atoms with van der Waals surface area (Å²) >= 11 is 3.43. The normalized spacial score (nSPS) is 10.6. The van der Waals surface area contributed by atoms with Crippen LogP contribution < -0.4 is 10.1 Å². The van der Waals surface area contributed by atoms with Crippen LogP contribution in [0.5, 0.6) is 5.75 Å². The highest BCUT2D eigenvalue weighted by Gasteiger charge is 2.19. The van der Waals surface area contributed by atoms with E-state index in [1.165, 1.54) is 0 Å². The van der Waals surface area contributed by atoms with Crippen molar-refractivity contribution < 1.29 is 9.53 Å². The molecule has 0 spiro atoms. The summed E-state index contributed by atoms with van der Waals surface area (Å²) < 4.78 is 8.20. The number of aryl methyl sites for hydroxylation is 1. The van der Waals surface area contributed by atoms with Gasteiger partial charge < -0.3 is 10.1 Å². The molecule has 3 rings (SSSR count). The van der Waals surface area contributed by atoms with Crippen LogP contribution in [0.1, 0.15) is 28.7 Å². The Bertz CT molecular complexity index is 915. The molecule has 3 aromatic rings. The van der Waals surface area contributed by atoms with Gasteiger partial charge in [0.25, 0.3) is 5.91 Å². The minimum Gasteiger partial charge on any atom is -0.494 e. The van der Waals surface area contributed by atoms with Gasteiger partial charge in [-0.05, 0) is 69.3 Å². The van der Waals surface area contributed by atoms with Crippen molar-refractivity contribution in [1.82, 2.24) is 9.78 Å². The van der Waals surface area contributed by atoms with Crippen molar-refractivity contribution in [2.24, 2.45) is 0 Å². The zero-order chi connectivity index (χ0) is 18.7. The summed E-state index contributed by atoms with van der Waals surface area (Å²) in [6.07, 6.45) is 0. The maximum atomic E-state index is 12.8. The summed E-state index contributed by atoms with van der Waals surface area (Å²) in [7, 11) is 0. The first-order valence-corrected chi connectivity index (χ1v) is 9.15. The Balaban J connectivity index is 1.84. The summed E-state index contributed by atoms with van der Waals surface area (Å²) in [5, 5.41) is 7.46. The summed E-state index contributed by atoms with van der Waals surface area (Å²) in [6.45, 7) is 6.29. The topological polar surface area (TPSA) is 56.1 Å². The predicted octanol–water partition coefficient (Wildman–Crippen LogP) is 4.90. The van der Waals surface area contributed by atoms with Crippen LogP contribution in [-0.4, -0.2) is 22.3 Å². The molecule has 1 aromatic heterocycles. The second-order valence-corrected chi connectivity index (χ2v) is 6.76. The fourth-order valence-electron chi connectivity index (χ4n) is 2.80. The number of halogens is 1. The molecule has 1 N–H and O–H groups in total. The molecule has 5 nitrogen and oxygen atoms in total. The van der Waals surface area contributed by atoms with Crippen LogP contribution in [0.3, 0.4) is 0 Å². The van der Waals surface area contributed by atoms with Crippen molar-refractivity contribution in [3.63, 3.8) is 0 Å².